The molecule has 4 nitrogen and oxygen atoms in total. The van der Waals surface area contributed by atoms with Gasteiger partial charge in [0.1, 0.15) is 5.75 Å². The third kappa shape index (κ3) is 3.70. The van der Waals surface area contributed by atoms with Crippen molar-refractivity contribution in [3.8, 4) is 5.75 Å². The Kier molecular flexibility index (Phi) is 6.12. The van der Waals surface area contributed by atoms with Crippen LogP contribution in [0.1, 0.15) is 36.1 Å². The maximum absolute atomic E-state index is 5.66. The van der Waals surface area contributed by atoms with Crippen molar-refractivity contribution in [1.29, 1.82) is 0 Å². The van der Waals surface area contributed by atoms with E-state index in [0.29, 0.717) is 6.61 Å². The lowest BCUT2D eigenvalue weighted by Gasteiger charge is -2.21. The zero-order valence-electron chi connectivity index (χ0n) is 11.7. The number of nitrogens with two attached hydrogens (primary N) is 1. The van der Waals surface area contributed by atoms with Crippen molar-refractivity contribution in [3.05, 3.63) is 28.8 Å². The molecule has 3 N–H and O–H groups in total. The molecule has 0 spiro atoms. The van der Waals surface area contributed by atoms with Crippen LogP contribution in [0.4, 0.5) is 0 Å². The maximum atomic E-state index is 5.66. The second-order valence-corrected chi connectivity index (χ2v) is 4.40. The minimum atomic E-state index is 0.0482. The quantitative estimate of drug-likeness (QED) is 0.444. The first-order valence-electron chi connectivity index (χ1n) is 6.33. The van der Waals surface area contributed by atoms with Gasteiger partial charge in [-0.25, -0.2) is 0 Å². The zero-order chi connectivity index (χ0) is 13.5. The highest BCUT2D eigenvalue weighted by atomic mass is 16.5. The average Bonchev–Trinajstić information content (AvgIpc) is 2.35. The predicted octanol–water partition coefficient (Wildman–Crippen LogP) is 2.24. The Labute approximate surface area is 109 Å². The fourth-order valence-electron chi connectivity index (χ4n) is 2.21. The third-order valence-electron chi connectivity index (χ3n) is 3.02. The highest BCUT2D eigenvalue weighted by molar-refractivity contribution is 5.45. The molecule has 4 heteroatoms. The summed E-state index contributed by atoms with van der Waals surface area (Å²) in [6.45, 7) is 7.53. The first-order chi connectivity index (χ1) is 8.63. The molecule has 1 rings (SSSR count). The summed E-state index contributed by atoms with van der Waals surface area (Å²) in [5, 5.41) is 0. The van der Waals surface area contributed by atoms with E-state index in [1.807, 2.05) is 13.0 Å². The van der Waals surface area contributed by atoms with Crippen molar-refractivity contribution < 1.29 is 9.47 Å². The number of hydrazine groups is 1. The summed E-state index contributed by atoms with van der Waals surface area (Å²) in [6.07, 6.45) is 0.824. The Morgan fingerprint density at radius 3 is 2.61 bits per heavy atom. The Bertz CT molecular complexity index is 380. The van der Waals surface area contributed by atoms with E-state index < -0.39 is 0 Å². The smallest absolute Gasteiger partial charge is 0.124 e. The molecule has 102 valence electrons. The standard InChI is InChI=1S/C14H24N2O2/c1-5-18-7-6-12(16-15)14-11(3)8-10(2)9-13(14)17-4/h8-9,12,16H,5-7,15H2,1-4H3. The number of hydrogen-bond donors (Lipinski definition) is 2. The van der Waals surface area contributed by atoms with Crippen LogP contribution in [0.25, 0.3) is 0 Å². The van der Waals surface area contributed by atoms with E-state index in [-0.39, 0.29) is 6.04 Å². The number of ether oxygens (including phenoxy) is 2. The summed E-state index contributed by atoms with van der Waals surface area (Å²) >= 11 is 0. The number of hydrogen-bond acceptors (Lipinski definition) is 4. The van der Waals surface area contributed by atoms with Crippen LogP contribution >= 0.6 is 0 Å². The molecule has 0 saturated heterocycles. The van der Waals surface area contributed by atoms with Gasteiger partial charge in [-0.2, -0.15) is 0 Å². The first-order valence-corrected chi connectivity index (χ1v) is 6.33. The van der Waals surface area contributed by atoms with Crippen LogP contribution in [-0.2, 0) is 4.74 Å². The summed E-state index contributed by atoms with van der Waals surface area (Å²) in [5.74, 6) is 6.54. The van der Waals surface area contributed by atoms with Gasteiger partial charge in [0.2, 0.25) is 0 Å². The van der Waals surface area contributed by atoms with Gasteiger partial charge in [0.05, 0.1) is 13.2 Å². The van der Waals surface area contributed by atoms with Crippen molar-refractivity contribution in [2.45, 2.75) is 33.2 Å². The monoisotopic (exact) mass is 252 g/mol. The minimum Gasteiger partial charge on any atom is -0.496 e. The summed E-state index contributed by atoms with van der Waals surface area (Å²) in [7, 11) is 1.69. The molecule has 1 aromatic carbocycles. The second kappa shape index (κ2) is 7.36. The molecule has 0 amide bonds. The summed E-state index contributed by atoms with van der Waals surface area (Å²) < 4.78 is 10.8. The van der Waals surface area contributed by atoms with Gasteiger partial charge in [-0.1, -0.05) is 6.07 Å². The van der Waals surface area contributed by atoms with Gasteiger partial charge in [-0.3, -0.25) is 11.3 Å². The Morgan fingerprint density at radius 1 is 1.33 bits per heavy atom. The van der Waals surface area contributed by atoms with Gasteiger partial charge < -0.3 is 9.47 Å². The van der Waals surface area contributed by atoms with Crippen LogP contribution in [0.2, 0.25) is 0 Å². The fourth-order valence-corrected chi connectivity index (χ4v) is 2.21. The molecular formula is C14H24N2O2. The molecule has 0 heterocycles. The fraction of sp³-hybridized carbons (Fsp3) is 0.571. The second-order valence-electron chi connectivity index (χ2n) is 4.40. The molecule has 1 aromatic rings. The molecule has 0 saturated carbocycles. The van der Waals surface area contributed by atoms with Crippen molar-refractivity contribution in [2.75, 3.05) is 20.3 Å². The van der Waals surface area contributed by atoms with Crippen LogP contribution in [0.5, 0.6) is 5.75 Å². The van der Waals surface area contributed by atoms with Crippen molar-refractivity contribution in [2.24, 2.45) is 5.84 Å². The highest BCUT2D eigenvalue weighted by Gasteiger charge is 2.17. The number of nitrogens with one attached hydrogen (secondary N) is 1. The third-order valence-corrected chi connectivity index (χ3v) is 3.02. The van der Waals surface area contributed by atoms with Gasteiger partial charge in [0, 0.05) is 18.8 Å². The Balaban J connectivity index is 2.96. The molecular weight excluding hydrogens is 228 g/mol. The Hall–Kier alpha value is -1.10. The maximum Gasteiger partial charge on any atom is 0.124 e. The zero-order valence-corrected chi connectivity index (χ0v) is 11.7. The number of rotatable bonds is 7. The summed E-state index contributed by atoms with van der Waals surface area (Å²) in [5.41, 5.74) is 6.34. The molecule has 0 aromatic heterocycles. The number of methoxy groups -OCH3 is 1. The lowest BCUT2D eigenvalue weighted by Crippen LogP contribution is -2.30. The topological polar surface area (TPSA) is 56.5 Å². The largest absolute Gasteiger partial charge is 0.496 e. The molecule has 0 aliphatic carbocycles. The lowest BCUT2D eigenvalue weighted by molar-refractivity contribution is 0.136. The SMILES string of the molecule is CCOCCC(NN)c1c(C)cc(C)cc1OC. The highest BCUT2D eigenvalue weighted by Crippen LogP contribution is 2.31. The van der Waals surface area contributed by atoms with Gasteiger partial charge in [-0.15, -0.1) is 0 Å². The Morgan fingerprint density at radius 2 is 2.06 bits per heavy atom. The van der Waals surface area contributed by atoms with Gasteiger partial charge >= 0.3 is 0 Å². The molecule has 1 atom stereocenters. The normalized spacial score (nSPS) is 12.5. The van der Waals surface area contributed by atoms with Crippen molar-refractivity contribution >= 4 is 0 Å². The van der Waals surface area contributed by atoms with E-state index in [1.165, 1.54) is 11.1 Å². The van der Waals surface area contributed by atoms with E-state index >= 15 is 0 Å². The molecule has 1 unspecified atom stereocenters. The summed E-state index contributed by atoms with van der Waals surface area (Å²) in [6, 6.07) is 4.23. The van der Waals surface area contributed by atoms with E-state index in [0.717, 1.165) is 24.3 Å². The van der Waals surface area contributed by atoms with E-state index in [9.17, 15) is 0 Å². The van der Waals surface area contributed by atoms with E-state index in [4.69, 9.17) is 15.3 Å². The molecule has 0 aliphatic heterocycles. The van der Waals surface area contributed by atoms with Crippen LogP contribution in [0, 0.1) is 13.8 Å². The van der Waals surface area contributed by atoms with Crippen molar-refractivity contribution in [1.82, 2.24) is 5.43 Å². The minimum absolute atomic E-state index is 0.0482. The van der Waals surface area contributed by atoms with Crippen LogP contribution in [0.15, 0.2) is 12.1 Å². The molecule has 0 radical (unpaired) electrons. The molecule has 0 fully saturated rings. The number of aryl methyl sites for hydroxylation is 2. The van der Waals surface area contributed by atoms with Crippen molar-refractivity contribution in [3.63, 3.8) is 0 Å². The number of benzene rings is 1. The first kappa shape index (κ1) is 15.0. The average molecular weight is 252 g/mol. The van der Waals surface area contributed by atoms with E-state index in [2.05, 4.69) is 25.3 Å². The lowest BCUT2D eigenvalue weighted by atomic mass is 9.96. The van der Waals surface area contributed by atoms with Gasteiger partial charge in [0.15, 0.2) is 0 Å². The molecule has 0 aliphatic rings. The van der Waals surface area contributed by atoms with E-state index in [1.54, 1.807) is 7.11 Å². The predicted molar refractivity (Wildman–Crippen MR) is 73.6 cm³/mol. The van der Waals surface area contributed by atoms with Crippen LogP contribution < -0.4 is 16.0 Å². The van der Waals surface area contributed by atoms with Crippen LogP contribution in [0.3, 0.4) is 0 Å². The van der Waals surface area contributed by atoms with Gasteiger partial charge in [-0.05, 0) is 44.4 Å². The summed E-state index contributed by atoms with van der Waals surface area (Å²) in [4.78, 5) is 0. The molecule has 18 heavy (non-hydrogen) atoms. The molecule has 0 bridgehead atoms. The van der Waals surface area contributed by atoms with Crippen LogP contribution in [-0.4, -0.2) is 20.3 Å². The van der Waals surface area contributed by atoms with Gasteiger partial charge in [0.25, 0.3) is 0 Å².